The van der Waals surface area contributed by atoms with E-state index in [1.807, 2.05) is 0 Å². The Kier molecular flexibility index (Phi) is 3.61. The van der Waals surface area contributed by atoms with E-state index in [2.05, 4.69) is 25.7 Å². The molecule has 0 amide bonds. The highest BCUT2D eigenvalue weighted by Gasteiger charge is 2.78. The number of esters is 1. The molecule has 0 unspecified atom stereocenters. The number of ether oxygens (including phenoxy) is 2. The molecule has 25 heavy (non-hydrogen) atoms. The van der Waals surface area contributed by atoms with Crippen LogP contribution in [-0.4, -0.2) is 48.3 Å². The van der Waals surface area contributed by atoms with Crippen molar-refractivity contribution in [2.24, 2.45) is 29.1 Å². The topological polar surface area (TPSA) is 42.1 Å². The van der Waals surface area contributed by atoms with E-state index in [1.165, 1.54) is 32.1 Å². The number of carbonyl (C=O) groups is 1. The smallest absolute Gasteiger partial charge is 0.311 e. The van der Waals surface area contributed by atoms with E-state index in [0.717, 1.165) is 32.0 Å². The second-order valence-corrected chi connectivity index (χ2v) is 10.0. The average molecular weight is 347 g/mol. The van der Waals surface area contributed by atoms with Crippen molar-refractivity contribution in [3.63, 3.8) is 0 Å². The Balaban J connectivity index is 1.37. The molecule has 5 fully saturated rings. The summed E-state index contributed by atoms with van der Waals surface area (Å²) in [5.74, 6) is 1.81. The number of piperidine rings is 1. The lowest BCUT2D eigenvalue weighted by atomic mass is 9.53. The van der Waals surface area contributed by atoms with Crippen molar-refractivity contribution in [1.82, 2.24) is 4.90 Å². The number of likely N-dealkylation sites (tertiary alicyclic amines) is 1. The first-order valence-corrected chi connectivity index (χ1v) is 10.6. The molecule has 3 aliphatic heterocycles. The third-order valence-electron chi connectivity index (χ3n) is 8.53. The van der Waals surface area contributed by atoms with Crippen LogP contribution in [-0.2, 0) is 14.3 Å². The van der Waals surface area contributed by atoms with Gasteiger partial charge in [0.15, 0.2) is 0 Å². The molecule has 1 spiro atoms. The summed E-state index contributed by atoms with van der Waals surface area (Å²) in [5, 5.41) is 0. The van der Waals surface area contributed by atoms with Gasteiger partial charge in [0.05, 0.1) is 12.0 Å². The quantitative estimate of drug-likeness (QED) is 0.568. The second kappa shape index (κ2) is 5.45. The van der Waals surface area contributed by atoms with Crippen molar-refractivity contribution in [2.45, 2.75) is 77.1 Å². The Bertz CT molecular complexity index is 571. The van der Waals surface area contributed by atoms with Crippen molar-refractivity contribution < 1.29 is 14.3 Å². The van der Waals surface area contributed by atoms with Crippen LogP contribution < -0.4 is 0 Å². The summed E-state index contributed by atoms with van der Waals surface area (Å²) in [5.41, 5.74) is 0.237. The van der Waals surface area contributed by atoms with Crippen LogP contribution in [0.5, 0.6) is 0 Å². The normalized spacial score (nSPS) is 52.9. The average Bonchev–Trinajstić information content (AvgIpc) is 3.25. The van der Waals surface area contributed by atoms with Gasteiger partial charge >= 0.3 is 5.97 Å². The molecular weight excluding hydrogens is 314 g/mol. The van der Waals surface area contributed by atoms with E-state index in [0.29, 0.717) is 11.8 Å². The van der Waals surface area contributed by atoms with Gasteiger partial charge in [-0.25, -0.2) is 0 Å². The molecule has 2 saturated carbocycles. The number of hydrogen-bond donors (Lipinski definition) is 0. The number of epoxide rings is 1. The first-order valence-electron chi connectivity index (χ1n) is 10.6. The zero-order valence-corrected chi connectivity index (χ0v) is 16.0. The van der Waals surface area contributed by atoms with E-state index in [1.54, 1.807) is 0 Å². The zero-order chi connectivity index (χ0) is 17.4. The second-order valence-electron chi connectivity index (χ2n) is 10.0. The van der Waals surface area contributed by atoms with Crippen molar-refractivity contribution in [2.75, 3.05) is 19.6 Å². The lowest BCUT2D eigenvalue weighted by molar-refractivity contribution is -0.146. The number of hydrogen-bond acceptors (Lipinski definition) is 4. The maximum absolute atomic E-state index is 12.7. The van der Waals surface area contributed by atoms with E-state index < -0.39 is 0 Å². The van der Waals surface area contributed by atoms with Crippen LogP contribution in [0.1, 0.15) is 59.3 Å². The molecule has 0 aromatic carbocycles. The monoisotopic (exact) mass is 347 g/mol. The van der Waals surface area contributed by atoms with Crippen LogP contribution in [0.2, 0.25) is 0 Å². The summed E-state index contributed by atoms with van der Waals surface area (Å²) < 4.78 is 12.5. The summed E-state index contributed by atoms with van der Waals surface area (Å²) in [6, 6.07) is 0. The van der Waals surface area contributed by atoms with Gasteiger partial charge < -0.3 is 14.4 Å². The standard InChI is InChI=1S/C21H33NO3/c1-13-6-9-22(10-7-13)12-15-17-16(24-19(15)23)11-20(3)8-4-5-14(2)21(20)18(17)25-21/h13-18H,4-12H2,1-3H3/t14-,15+,16+,17+,18-,20+,21-/m0/s1. The maximum Gasteiger partial charge on any atom is 0.311 e. The van der Waals surface area contributed by atoms with E-state index >= 15 is 0 Å². The van der Waals surface area contributed by atoms with Crippen LogP contribution in [0.15, 0.2) is 0 Å². The Morgan fingerprint density at radius 3 is 2.72 bits per heavy atom. The molecule has 0 radical (unpaired) electrons. The number of rotatable bonds is 2. The van der Waals surface area contributed by atoms with Crippen LogP contribution in [0.4, 0.5) is 0 Å². The molecule has 140 valence electrons. The SMILES string of the molecule is CC1CCN(C[C@H]2C(=O)O[C@@H]3C[C@@]4(C)CCC[C@H](C)[C@@]45O[C@H]5[C@@H]32)CC1. The first-order chi connectivity index (χ1) is 11.9. The van der Waals surface area contributed by atoms with E-state index in [9.17, 15) is 4.79 Å². The Hall–Kier alpha value is -0.610. The lowest BCUT2D eigenvalue weighted by Gasteiger charge is -2.49. The molecule has 0 N–H and O–H groups in total. The third-order valence-corrected chi connectivity index (χ3v) is 8.53. The van der Waals surface area contributed by atoms with Gasteiger partial charge in [0.1, 0.15) is 11.7 Å². The third kappa shape index (κ3) is 2.22. The van der Waals surface area contributed by atoms with Crippen LogP contribution >= 0.6 is 0 Å². The number of nitrogens with zero attached hydrogens (tertiary/aromatic N) is 1. The summed E-state index contributed by atoms with van der Waals surface area (Å²) in [6.45, 7) is 10.3. The molecule has 3 heterocycles. The van der Waals surface area contributed by atoms with Gasteiger partial charge in [0, 0.05) is 17.9 Å². The minimum atomic E-state index is 0.0291. The van der Waals surface area contributed by atoms with Crippen LogP contribution in [0.25, 0.3) is 0 Å². The van der Waals surface area contributed by atoms with Crippen LogP contribution in [0, 0.1) is 29.1 Å². The predicted molar refractivity (Wildman–Crippen MR) is 95.0 cm³/mol. The lowest BCUT2D eigenvalue weighted by Crippen LogP contribution is -2.54. The fraction of sp³-hybridized carbons (Fsp3) is 0.952. The molecule has 0 aromatic rings. The molecule has 5 rings (SSSR count). The number of carbonyl (C=O) groups excluding carboxylic acids is 1. The predicted octanol–water partition coefficient (Wildman–Crippen LogP) is 3.24. The van der Waals surface area contributed by atoms with Gasteiger partial charge in [-0.1, -0.05) is 27.2 Å². The minimum absolute atomic E-state index is 0.0291. The summed E-state index contributed by atoms with van der Waals surface area (Å²) in [6.07, 6.45) is 7.66. The Morgan fingerprint density at radius 1 is 1.20 bits per heavy atom. The Labute approximate surface area is 151 Å². The molecule has 0 bridgehead atoms. The van der Waals surface area contributed by atoms with Gasteiger partial charge in [-0.3, -0.25) is 4.79 Å². The molecule has 7 atom stereocenters. The molecular formula is C21H33NO3. The highest BCUT2D eigenvalue weighted by Crippen LogP contribution is 2.70. The van der Waals surface area contributed by atoms with Gasteiger partial charge in [0.25, 0.3) is 0 Å². The molecule has 4 nitrogen and oxygen atoms in total. The van der Waals surface area contributed by atoms with Gasteiger partial charge in [-0.05, 0) is 57.0 Å². The van der Waals surface area contributed by atoms with Crippen molar-refractivity contribution in [1.29, 1.82) is 0 Å². The number of fused-ring (bicyclic) bond motifs is 2. The Morgan fingerprint density at radius 2 is 1.96 bits per heavy atom. The fourth-order valence-electron chi connectivity index (χ4n) is 6.97. The molecule has 0 aromatic heterocycles. The molecule has 5 aliphatic rings. The fourth-order valence-corrected chi connectivity index (χ4v) is 6.97. The summed E-state index contributed by atoms with van der Waals surface area (Å²) >= 11 is 0. The van der Waals surface area contributed by atoms with Gasteiger partial charge in [0.2, 0.25) is 0 Å². The molecule has 3 saturated heterocycles. The van der Waals surface area contributed by atoms with E-state index in [-0.39, 0.29) is 35.1 Å². The van der Waals surface area contributed by atoms with Crippen molar-refractivity contribution in [3.8, 4) is 0 Å². The summed E-state index contributed by atoms with van der Waals surface area (Å²) in [7, 11) is 0. The van der Waals surface area contributed by atoms with E-state index in [4.69, 9.17) is 9.47 Å². The minimum Gasteiger partial charge on any atom is -0.462 e. The largest absolute Gasteiger partial charge is 0.462 e. The zero-order valence-electron chi connectivity index (χ0n) is 16.0. The van der Waals surface area contributed by atoms with Crippen molar-refractivity contribution >= 4 is 5.97 Å². The maximum atomic E-state index is 12.7. The van der Waals surface area contributed by atoms with Gasteiger partial charge in [-0.2, -0.15) is 0 Å². The molecule has 2 aliphatic carbocycles. The van der Waals surface area contributed by atoms with Crippen LogP contribution in [0.3, 0.4) is 0 Å². The van der Waals surface area contributed by atoms with Gasteiger partial charge in [-0.15, -0.1) is 0 Å². The highest BCUT2D eigenvalue weighted by molar-refractivity contribution is 5.76. The first kappa shape index (κ1) is 16.6. The molecule has 4 heteroatoms. The highest BCUT2D eigenvalue weighted by atomic mass is 16.6. The summed E-state index contributed by atoms with van der Waals surface area (Å²) in [4.78, 5) is 15.2. The van der Waals surface area contributed by atoms with Crippen molar-refractivity contribution in [3.05, 3.63) is 0 Å².